The van der Waals surface area contributed by atoms with Gasteiger partial charge in [-0.15, -0.1) is 0 Å². The van der Waals surface area contributed by atoms with Crippen LogP contribution in [-0.2, 0) is 12.0 Å². The zero-order valence-corrected chi connectivity index (χ0v) is 19.0. The molecule has 0 unspecified atom stereocenters. The molecule has 3 rings (SSSR count). The van der Waals surface area contributed by atoms with Crippen molar-refractivity contribution in [1.82, 2.24) is 20.5 Å². The van der Waals surface area contributed by atoms with Crippen molar-refractivity contribution in [2.45, 2.75) is 90.6 Å². The van der Waals surface area contributed by atoms with Crippen LogP contribution >= 0.6 is 0 Å². The number of oxazole rings is 1. The molecule has 2 fully saturated rings. The van der Waals surface area contributed by atoms with Gasteiger partial charge in [-0.25, -0.2) is 9.98 Å². The van der Waals surface area contributed by atoms with Crippen molar-refractivity contribution >= 4 is 5.96 Å². The Morgan fingerprint density at radius 1 is 1.17 bits per heavy atom. The van der Waals surface area contributed by atoms with E-state index in [1.54, 1.807) is 0 Å². The van der Waals surface area contributed by atoms with Crippen molar-refractivity contribution in [3.8, 4) is 0 Å². The predicted molar refractivity (Wildman–Crippen MR) is 119 cm³/mol. The van der Waals surface area contributed by atoms with E-state index in [1.165, 1.54) is 64.6 Å². The summed E-state index contributed by atoms with van der Waals surface area (Å²) in [7, 11) is 0. The maximum atomic E-state index is 5.87. The van der Waals surface area contributed by atoms with Crippen molar-refractivity contribution in [1.29, 1.82) is 0 Å². The van der Waals surface area contributed by atoms with E-state index in [0.717, 1.165) is 24.2 Å². The van der Waals surface area contributed by atoms with E-state index in [1.807, 2.05) is 6.20 Å². The molecule has 0 bridgehead atoms. The number of rotatable bonds is 6. The number of hydrogen-bond donors (Lipinski definition) is 2. The van der Waals surface area contributed by atoms with Crippen LogP contribution in [0.1, 0.15) is 84.3 Å². The van der Waals surface area contributed by atoms with Gasteiger partial charge in [-0.05, 0) is 38.5 Å². The molecule has 1 aliphatic heterocycles. The lowest BCUT2D eigenvalue weighted by Gasteiger charge is -2.36. The molecule has 0 spiro atoms. The fourth-order valence-electron chi connectivity index (χ4n) is 4.38. The molecule has 1 aromatic heterocycles. The minimum absolute atomic E-state index is 0.0245. The maximum absolute atomic E-state index is 5.87. The van der Waals surface area contributed by atoms with Gasteiger partial charge in [0.05, 0.1) is 6.20 Å². The fourth-order valence-corrected chi connectivity index (χ4v) is 4.38. The number of aromatic nitrogens is 1. The molecule has 0 atom stereocenters. The Labute approximate surface area is 176 Å². The summed E-state index contributed by atoms with van der Waals surface area (Å²) in [6, 6.07) is 0.491. The van der Waals surface area contributed by atoms with Crippen LogP contribution in [-0.4, -0.2) is 48.1 Å². The van der Waals surface area contributed by atoms with Gasteiger partial charge >= 0.3 is 0 Å². The highest BCUT2D eigenvalue weighted by atomic mass is 16.4. The van der Waals surface area contributed by atoms with Crippen LogP contribution in [0, 0.1) is 5.92 Å². The van der Waals surface area contributed by atoms with E-state index in [9.17, 15) is 0 Å². The number of likely N-dealkylation sites (tertiary alicyclic amines) is 1. The highest BCUT2D eigenvalue weighted by Crippen LogP contribution is 2.25. The van der Waals surface area contributed by atoms with Crippen LogP contribution in [0.15, 0.2) is 15.6 Å². The molecule has 6 nitrogen and oxygen atoms in total. The third-order valence-corrected chi connectivity index (χ3v) is 6.18. The first-order chi connectivity index (χ1) is 13.9. The highest BCUT2D eigenvalue weighted by molar-refractivity contribution is 5.80. The summed E-state index contributed by atoms with van der Waals surface area (Å²) >= 11 is 0. The smallest absolute Gasteiger partial charge is 0.216 e. The predicted octanol–water partition coefficient (Wildman–Crippen LogP) is 4.07. The Bertz CT molecular complexity index is 634. The second-order valence-corrected chi connectivity index (χ2v) is 9.79. The SMILES string of the molecule is CCNC(=NCc1ncc(C(C)(C)C)o1)NC1CCN(CC2CCCCC2)CC1. The summed E-state index contributed by atoms with van der Waals surface area (Å²) in [4.78, 5) is 11.8. The molecule has 0 amide bonds. The van der Waals surface area contributed by atoms with Crippen molar-refractivity contribution < 1.29 is 4.42 Å². The topological polar surface area (TPSA) is 65.7 Å². The van der Waals surface area contributed by atoms with Gasteiger partial charge in [0.25, 0.3) is 0 Å². The van der Waals surface area contributed by atoms with E-state index in [-0.39, 0.29) is 5.41 Å². The zero-order chi connectivity index (χ0) is 20.7. The highest BCUT2D eigenvalue weighted by Gasteiger charge is 2.23. The molecule has 1 aromatic rings. The van der Waals surface area contributed by atoms with E-state index >= 15 is 0 Å². The Morgan fingerprint density at radius 3 is 2.52 bits per heavy atom. The lowest BCUT2D eigenvalue weighted by Crippen LogP contribution is -2.49. The molecule has 2 heterocycles. The Morgan fingerprint density at radius 2 is 1.90 bits per heavy atom. The lowest BCUT2D eigenvalue weighted by molar-refractivity contribution is 0.160. The second-order valence-electron chi connectivity index (χ2n) is 9.79. The number of hydrogen-bond acceptors (Lipinski definition) is 4. The van der Waals surface area contributed by atoms with Gasteiger partial charge in [-0.1, -0.05) is 40.0 Å². The zero-order valence-electron chi connectivity index (χ0n) is 19.0. The van der Waals surface area contributed by atoms with Gasteiger partial charge < -0.3 is 20.0 Å². The van der Waals surface area contributed by atoms with Gasteiger partial charge in [0.1, 0.15) is 12.3 Å². The maximum Gasteiger partial charge on any atom is 0.216 e. The lowest BCUT2D eigenvalue weighted by atomic mass is 9.88. The standard InChI is InChI=1S/C23H41N5O/c1-5-24-22(26-16-21-25-15-20(29-21)23(2,3)4)27-19-11-13-28(14-12-19)17-18-9-7-6-8-10-18/h15,18-19H,5-14,16-17H2,1-4H3,(H2,24,26,27). The normalized spacial score (nSPS) is 20.8. The molecule has 0 radical (unpaired) electrons. The van der Waals surface area contributed by atoms with Gasteiger partial charge in [0, 0.05) is 37.6 Å². The van der Waals surface area contributed by atoms with Gasteiger partial charge in [-0.3, -0.25) is 0 Å². The third kappa shape index (κ3) is 7.02. The van der Waals surface area contributed by atoms with E-state index in [0.29, 0.717) is 18.5 Å². The van der Waals surface area contributed by atoms with E-state index in [2.05, 4.69) is 48.2 Å². The summed E-state index contributed by atoms with van der Waals surface area (Å²) in [5, 5.41) is 7.00. The van der Waals surface area contributed by atoms with Crippen LogP contribution in [0.25, 0.3) is 0 Å². The van der Waals surface area contributed by atoms with Crippen LogP contribution in [0.5, 0.6) is 0 Å². The van der Waals surface area contributed by atoms with Crippen LogP contribution < -0.4 is 10.6 Å². The van der Waals surface area contributed by atoms with Crippen molar-refractivity contribution in [2.75, 3.05) is 26.2 Å². The number of guanidine groups is 1. The molecule has 0 aromatic carbocycles. The average molecular weight is 404 g/mol. The Kier molecular flexibility index (Phi) is 7.99. The van der Waals surface area contributed by atoms with Gasteiger partial charge in [0.2, 0.25) is 5.89 Å². The Hall–Kier alpha value is -1.56. The van der Waals surface area contributed by atoms with Crippen LogP contribution in [0.3, 0.4) is 0 Å². The molecule has 6 heteroatoms. The summed E-state index contributed by atoms with van der Waals surface area (Å²) in [6.45, 7) is 13.5. The summed E-state index contributed by atoms with van der Waals surface area (Å²) in [5.41, 5.74) is -0.0245. The van der Waals surface area contributed by atoms with Gasteiger partial charge in [-0.2, -0.15) is 0 Å². The minimum Gasteiger partial charge on any atom is -0.443 e. The van der Waals surface area contributed by atoms with Crippen molar-refractivity contribution in [2.24, 2.45) is 10.9 Å². The molecular formula is C23H41N5O. The number of nitrogens with zero attached hydrogens (tertiary/aromatic N) is 3. The summed E-state index contributed by atoms with van der Waals surface area (Å²) in [6.07, 6.45) is 11.4. The third-order valence-electron chi connectivity index (χ3n) is 6.18. The monoisotopic (exact) mass is 403 g/mol. The summed E-state index contributed by atoms with van der Waals surface area (Å²) in [5.74, 6) is 3.39. The van der Waals surface area contributed by atoms with E-state index in [4.69, 9.17) is 9.41 Å². The van der Waals surface area contributed by atoms with Crippen LogP contribution in [0.4, 0.5) is 0 Å². The number of aliphatic imine (C=N–C) groups is 1. The minimum atomic E-state index is -0.0245. The largest absolute Gasteiger partial charge is 0.443 e. The fraction of sp³-hybridized carbons (Fsp3) is 0.826. The molecule has 2 N–H and O–H groups in total. The second kappa shape index (κ2) is 10.5. The summed E-state index contributed by atoms with van der Waals surface area (Å²) < 4.78 is 5.87. The van der Waals surface area contributed by atoms with Gasteiger partial charge in [0.15, 0.2) is 5.96 Å². The quantitative estimate of drug-likeness (QED) is 0.554. The first-order valence-electron chi connectivity index (χ1n) is 11.7. The van der Waals surface area contributed by atoms with Crippen LogP contribution in [0.2, 0.25) is 0 Å². The molecule has 164 valence electrons. The first-order valence-corrected chi connectivity index (χ1v) is 11.7. The molecule has 2 aliphatic rings. The number of nitrogens with one attached hydrogen (secondary N) is 2. The van der Waals surface area contributed by atoms with E-state index < -0.39 is 0 Å². The Balaban J connectivity index is 1.46. The molecule has 29 heavy (non-hydrogen) atoms. The van der Waals surface area contributed by atoms with Crippen molar-refractivity contribution in [3.63, 3.8) is 0 Å². The first kappa shape index (κ1) is 22.1. The molecule has 1 saturated heterocycles. The average Bonchev–Trinajstić information content (AvgIpc) is 3.18. The van der Waals surface area contributed by atoms with Crippen molar-refractivity contribution in [3.05, 3.63) is 17.8 Å². The molecular weight excluding hydrogens is 362 g/mol. The number of piperidine rings is 1. The molecule has 1 aliphatic carbocycles. The molecule has 1 saturated carbocycles.